The summed E-state index contributed by atoms with van der Waals surface area (Å²) in [6.45, 7) is 2.82. The van der Waals surface area contributed by atoms with Crippen LogP contribution in [0.3, 0.4) is 0 Å². The topological polar surface area (TPSA) is 40.5 Å². The zero-order valence-electron chi connectivity index (χ0n) is 10.9. The molecule has 3 nitrogen and oxygen atoms in total. The highest BCUT2D eigenvalue weighted by Gasteiger charge is 2.25. The molecule has 1 aliphatic rings. The van der Waals surface area contributed by atoms with Gasteiger partial charge in [0.1, 0.15) is 0 Å². The van der Waals surface area contributed by atoms with E-state index in [1.807, 2.05) is 36.1 Å². The molecule has 0 bridgehead atoms. The Morgan fingerprint density at radius 1 is 1.39 bits per heavy atom. The van der Waals surface area contributed by atoms with Crippen molar-refractivity contribution in [3.8, 4) is 0 Å². The van der Waals surface area contributed by atoms with Gasteiger partial charge in [0, 0.05) is 12.1 Å². The predicted octanol–water partition coefficient (Wildman–Crippen LogP) is 2.37. The fourth-order valence-corrected chi connectivity index (χ4v) is 2.58. The predicted molar refractivity (Wildman–Crippen MR) is 71.6 cm³/mol. The Balaban J connectivity index is 2.19. The summed E-state index contributed by atoms with van der Waals surface area (Å²) in [6.07, 6.45) is 4.19. The molecule has 0 saturated carbocycles. The summed E-state index contributed by atoms with van der Waals surface area (Å²) >= 11 is 0. The highest BCUT2D eigenvalue weighted by atomic mass is 16.3. The zero-order chi connectivity index (χ0) is 13.0. The van der Waals surface area contributed by atoms with Crippen molar-refractivity contribution in [3.63, 3.8) is 0 Å². The van der Waals surface area contributed by atoms with Crippen LogP contribution < -0.4 is 0 Å². The Labute approximate surface area is 108 Å². The molecule has 1 saturated heterocycles. The molecule has 1 fully saturated rings. The molecule has 18 heavy (non-hydrogen) atoms. The van der Waals surface area contributed by atoms with Gasteiger partial charge in [-0.2, -0.15) is 0 Å². The Morgan fingerprint density at radius 3 is 2.94 bits per heavy atom. The number of amides is 1. The molecule has 2 rings (SSSR count). The first kappa shape index (κ1) is 13.1. The second kappa shape index (κ2) is 6.01. The summed E-state index contributed by atoms with van der Waals surface area (Å²) in [7, 11) is 0. The van der Waals surface area contributed by atoms with E-state index in [2.05, 4.69) is 0 Å². The molecule has 0 spiro atoms. The minimum Gasteiger partial charge on any atom is -0.394 e. The number of hydrogen-bond donors (Lipinski definition) is 1. The van der Waals surface area contributed by atoms with Crippen LogP contribution >= 0.6 is 0 Å². The lowest BCUT2D eigenvalue weighted by atomic mass is 10.1. The normalized spacial score (nSPS) is 20.6. The average molecular weight is 247 g/mol. The van der Waals surface area contributed by atoms with E-state index in [0.717, 1.165) is 43.4 Å². The van der Waals surface area contributed by atoms with Crippen molar-refractivity contribution in [1.82, 2.24) is 4.90 Å². The summed E-state index contributed by atoms with van der Waals surface area (Å²) in [5.74, 6) is 0.0552. The number of nitrogens with zero attached hydrogens (tertiary/aromatic N) is 1. The largest absolute Gasteiger partial charge is 0.394 e. The van der Waals surface area contributed by atoms with Crippen molar-refractivity contribution in [2.24, 2.45) is 0 Å². The Kier molecular flexibility index (Phi) is 4.37. The third-order valence-electron chi connectivity index (χ3n) is 3.61. The monoisotopic (exact) mass is 247 g/mol. The van der Waals surface area contributed by atoms with Crippen molar-refractivity contribution >= 4 is 5.91 Å². The van der Waals surface area contributed by atoms with E-state index in [1.165, 1.54) is 0 Å². The van der Waals surface area contributed by atoms with Gasteiger partial charge in [0.2, 0.25) is 0 Å². The lowest BCUT2D eigenvalue weighted by Crippen LogP contribution is -2.42. The zero-order valence-corrected chi connectivity index (χ0v) is 10.9. The number of rotatable bonds is 2. The number of aliphatic hydroxyl groups excluding tert-OH is 1. The van der Waals surface area contributed by atoms with Crippen LogP contribution in [-0.4, -0.2) is 35.1 Å². The summed E-state index contributed by atoms with van der Waals surface area (Å²) in [4.78, 5) is 14.3. The maximum absolute atomic E-state index is 12.5. The quantitative estimate of drug-likeness (QED) is 0.871. The van der Waals surface area contributed by atoms with Crippen molar-refractivity contribution in [1.29, 1.82) is 0 Å². The number of benzene rings is 1. The first-order chi connectivity index (χ1) is 8.72. The van der Waals surface area contributed by atoms with E-state index in [1.54, 1.807) is 0 Å². The van der Waals surface area contributed by atoms with Gasteiger partial charge in [-0.1, -0.05) is 30.5 Å². The van der Waals surface area contributed by atoms with E-state index in [4.69, 9.17) is 0 Å². The van der Waals surface area contributed by atoms with E-state index in [9.17, 15) is 9.90 Å². The van der Waals surface area contributed by atoms with Gasteiger partial charge in [0.05, 0.1) is 12.6 Å². The highest BCUT2D eigenvalue weighted by molar-refractivity contribution is 5.94. The number of aliphatic hydroxyl groups is 1. The second-order valence-corrected chi connectivity index (χ2v) is 5.05. The number of aryl methyl sites for hydroxylation is 1. The van der Waals surface area contributed by atoms with Gasteiger partial charge >= 0.3 is 0 Å². The van der Waals surface area contributed by atoms with Gasteiger partial charge in [0.25, 0.3) is 5.91 Å². The summed E-state index contributed by atoms with van der Waals surface area (Å²) < 4.78 is 0. The van der Waals surface area contributed by atoms with Crippen molar-refractivity contribution in [3.05, 3.63) is 35.4 Å². The second-order valence-electron chi connectivity index (χ2n) is 5.05. The van der Waals surface area contributed by atoms with Crippen LogP contribution in [0.2, 0.25) is 0 Å². The van der Waals surface area contributed by atoms with Crippen LogP contribution in [0.1, 0.15) is 41.6 Å². The first-order valence-corrected chi connectivity index (χ1v) is 6.71. The molecule has 1 heterocycles. The van der Waals surface area contributed by atoms with Crippen LogP contribution in [-0.2, 0) is 0 Å². The molecule has 1 unspecified atom stereocenters. The molecule has 0 aliphatic carbocycles. The van der Waals surface area contributed by atoms with Gasteiger partial charge in [-0.3, -0.25) is 4.79 Å². The van der Waals surface area contributed by atoms with Crippen LogP contribution in [0.5, 0.6) is 0 Å². The smallest absolute Gasteiger partial charge is 0.254 e. The standard InChI is InChI=1S/C15H21NO2/c1-12-6-5-7-13(10-12)15(18)16-9-4-2-3-8-14(16)11-17/h5-7,10,14,17H,2-4,8-9,11H2,1H3. The molecular weight excluding hydrogens is 226 g/mol. The highest BCUT2D eigenvalue weighted by Crippen LogP contribution is 2.19. The van der Waals surface area contributed by atoms with Crippen LogP contribution in [0.4, 0.5) is 0 Å². The van der Waals surface area contributed by atoms with E-state index >= 15 is 0 Å². The molecular formula is C15H21NO2. The Bertz CT molecular complexity index is 417. The Morgan fingerprint density at radius 2 is 2.22 bits per heavy atom. The van der Waals surface area contributed by atoms with Crippen LogP contribution in [0.15, 0.2) is 24.3 Å². The molecule has 3 heteroatoms. The molecule has 1 aliphatic heterocycles. The lowest BCUT2D eigenvalue weighted by molar-refractivity contribution is 0.0599. The minimum absolute atomic E-state index is 0.0134. The SMILES string of the molecule is Cc1cccc(C(=O)N2CCCCCC2CO)c1. The first-order valence-electron chi connectivity index (χ1n) is 6.71. The van der Waals surface area contributed by atoms with E-state index in [-0.39, 0.29) is 18.6 Å². The molecule has 1 aromatic rings. The number of carbonyl (C=O) groups is 1. The number of likely N-dealkylation sites (tertiary alicyclic amines) is 1. The molecule has 0 radical (unpaired) electrons. The van der Waals surface area contributed by atoms with Crippen molar-refractivity contribution in [2.45, 2.75) is 38.6 Å². The van der Waals surface area contributed by atoms with Gasteiger partial charge in [-0.05, 0) is 31.9 Å². The summed E-state index contributed by atoms with van der Waals surface area (Å²) in [5.41, 5.74) is 1.83. The van der Waals surface area contributed by atoms with Gasteiger partial charge < -0.3 is 10.0 Å². The lowest BCUT2D eigenvalue weighted by Gasteiger charge is -2.28. The van der Waals surface area contributed by atoms with Crippen molar-refractivity contribution in [2.75, 3.05) is 13.2 Å². The van der Waals surface area contributed by atoms with E-state index < -0.39 is 0 Å². The van der Waals surface area contributed by atoms with Gasteiger partial charge in [-0.15, -0.1) is 0 Å². The van der Waals surface area contributed by atoms with Crippen LogP contribution in [0, 0.1) is 6.92 Å². The van der Waals surface area contributed by atoms with Crippen LogP contribution in [0.25, 0.3) is 0 Å². The summed E-state index contributed by atoms with van der Waals surface area (Å²) in [6, 6.07) is 7.66. The van der Waals surface area contributed by atoms with Gasteiger partial charge in [0.15, 0.2) is 0 Å². The van der Waals surface area contributed by atoms with Crippen molar-refractivity contribution < 1.29 is 9.90 Å². The number of hydrogen-bond acceptors (Lipinski definition) is 2. The number of carbonyl (C=O) groups excluding carboxylic acids is 1. The molecule has 1 aromatic carbocycles. The maximum atomic E-state index is 12.5. The van der Waals surface area contributed by atoms with E-state index in [0.29, 0.717) is 0 Å². The molecule has 1 atom stereocenters. The Hall–Kier alpha value is -1.35. The minimum atomic E-state index is -0.0134. The molecule has 1 amide bonds. The average Bonchev–Trinajstić information content (AvgIpc) is 2.62. The third kappa shape index (κ3) is 2.91. The third-order valence-corrected chi connectivity index (χ3v) is 3.61. The fourth-order valence-electron chi connectivity index (χ4n) is 2.58. The molecule has 98 valence electrons. The molecule has 0 aromatic heterocycles. The molecule has 1 N–H and O–H groups in total. The van der Waals surface area contributed by atoms with Gasteiger partial charge in [-0.25, -0.2) is 0 Å². The fraction of sp³-hybridized carbons (Fsp3) is 0.533. The summed E-state index contributed by atoms with van der Waals surface area (Å²) in [5, 5.41) is 9.44. The maximum Gasteiger partial charge on any atom is 0.254 e.